The number of amides is 1. The average molecular weight is 476 g/mol. The lowest BCUT2D eigenvalue weighted by Gasteiger charge is -2.32. The van der Waals surface area contributed by atoms with Crippen LogP contribution < -0.4 is 4.90 Å². The number of rotatable bonds is 8. The van der Waals surface area contributed by atoms with Crippen LogP contribution in [0.15, 0.2) is 121 Å². The van der Waals surface area contributed by atoms with Crippen LogP contribution in [-0.4, -0.2) is 48.4 Å². The minimum Gasteiger partial charge on any atom is -0.340 e. The van der Waals surface area contributed by atoms with Gasteiger partial charge in [0, 0.05) is 37.6 Å². The van der Waals surface area contributed by atoms with Crippen LogP contribution in [0.1, 0.15) is 23.6 Å². The second-order valence-corrected chi connectivity index (χ2v) is 9.42. The van der Waals surface area contributed by atoms with E-state index >= 15 is 0 Å². The van der Waals surface area contributed by atoms with E-state index in [2.05, 4.69) is 94.7 Å². The molecule has 0 aliphatic carbocycles. The third kappa shape index (κ3) is 5.34. The average Bonchev–Trinajstić information content (AvgIpc) is 3.43. The first-order valence-corrected chi connectivity index (χ1v) is 12.7. The first-order chi connectivity index (χ1) is 17.7. The maximum absolute atomic E-state index is 13.6. The number of benzene rings is 4. The van der Waals surface area contributed by atoms with Crippen molar-refractivity contribution in [3.8, 4) is 0 Å². The van der Waals surface area contributed by atoms with Crippen LogP contribution in [0.4, 0.5) is 11.4 Å². The van der Waals surface area contributed by atoms with E-state index in [1.165, 1.54) is 11.1 Å². The molecule has 0 bridgehead atoms. The third-order valence-corrected chi connectivity index (χ3v) is 7.16. The summed E-state index contributed by atoms with van der Waals surface area (Å²) < 4.78 is 0. The van der Waals surface area contributed by atoms with Crippen molar-refractivity contribution in [2.24, 2.45) is 0 Å². The molecule has 1 aliphatic heterocycles. The minimum atomic E-state index is 0.130. The molecule has 182 valence electrons. The van der Waals surface area contributed by atoms with Crippen molar-refractivity contribution in [3.63, 3.8) is 0 Å². The Morgan fingerprint density at radius 3 is 1.67 bits per heavy atom. The normalized spacial score (nSPS) is 15.7. The molecule has 0 N–H and O–H groups in total. The van der Waals surface area contributed by atoms with Crippen molar-refractivity contribution >= 4 is 17.3 Å². The molecule has 0 spiro atoms. The van der Waals surface area contributed by atoms with Gasteiger partial charge in [0.1, 0.15) is 6.54 Å². The van der Waals surface area contributed by atoms with E-state index < -0.39 is 0 Å². The molecular weight excluding hydrogens is 442 g/mol. The predicted molar refractivity (Wildman–Crippen MR) is 147 cm³/mol. The molecule has 36 heavy (non-hydrogen) atoms. The first-order valence-electron chi connectivity index (χ1n) is 12.7. The van der Waals surface area contributed by atoms with E-state index in [9.17, 15) is 4.79 Å². The standard InChI is InChI=1S/C32H33N3O/c1-33(31(36)25-35(28-18-10-4-11-19-28)29-20-12-5-13-21-29)30-22-23-34(24-30)32(26-14-6-2-7-15-26)27-16-8-3-9-17-27/h2-21,30,32H,22-25H2,1H3/t30-/m1/s1. The lowest BCUT2D eigenvalue weighted by molar-refractivity contribution is -0.130. The number of likely N-dealkylation sites (N-methyl/N-ethyl adjacent to an activating group) is 1. The van der Waals surface area contributed by atoms with Crippen LogP contribution in [0.25, 0.3) is 0 Å². The summed E-state index contributed by atoms with van der Waals surface area (Å²) in [6, 6.07) is 42.1. The fourth-order valence-corrected chi connectivity index (χ4v) is 5.20. The quantitative estimate of drug-likeness (QED) is 0.306. The molecule has 5 rings (SSSR count). The van der Waals surface area contributed by atoms with E-state index in [4.69, 9.17) is 0 Å². The maximum Gasteiger partial charge on any atom is 0.242 e. The molecule has 0 saturated carbocycles. The Morgan fingerprint density at radius 2 is 1.19 bits per heavy atom. The fourth-order valence-electron chi connectivity index (χ4n) is 5.20. The van der Waals surface area contributed by atoms with Crippen LogP contribution in [0.2, 0.25) is 0 Å². The summed E-state index contributed by atoms with van der Waals surface area (Å²) in [4.78, 5) is 20.2. The number of carbonyl (C=O) groups excluding carboxylic acids is 1. The molecule has 1 fully saturated rings. The molecule has 1 amide bonds. The Bertz CT molecular complexity index is 1150. The van der Waals surface area contributed by atoms with E-state index in [1.54, 1.807) is 0 Å². The number of anilines is 2. The fraction of sp³-hybridized carbons (Fsp3) is 0.219. The van der Waals surface area contributed by atoms with Gasteiger partial charge in [0.05, 0.1) is 6.04 Å². The first kappa shape index (κ1) is 23.8. The van der Waals surface area contributed by atoms with Gasteiger partial charge in [0.15, 0.2) is 0 Å². The molecule has 0 unspecified atom stereocenters. The number of likely N-dealkylation sites (tertiary alicyclic amines) is 1. The highest BCUT2D eigenvalue weighted by Crippen LogP contribution is 2.33. The summed E-state index contributed by atoms with van der Waals surface area (Å²) in [6.07, 6.45) is 0.967. The monoisotopic (exact) mass is 475 g/mol. The van der Waals surface area contributed by atoms with Crippen molar-refractivity contribution in [2.75, 3.05) is 31.6 Å². The summed E-state index contributed by atoms with van der Waals surface area (Å²) in [5, 5.41) is 0. The van der Waals surface area contributed by atoms with Gasteiger partial charge in [-0.25, -0.2) is 0 Å². The third-order valence-electron chi connectivity index (χ3n) is 7.16. The Kier molecular flexibility index (Phi) is 7.44. The molecule has 1 atom stereocenters. The molecule has 4 heteroatoms. The topological polar surface area (TPSA) is 26.8 Å². The lowest BCUT2D eigenvalue weighted by Crippen LogP contribution is -2.44. The van der Waals surface area contributed by atoms with Crippen LogP contribution in [0.5, 0.6) is 0 Å². The van der Waals surface area contributed by atoms with Gasteiger partial charge in [0.2, 0.25) is 5.91 Å². The molecule has 4 nitrogen and oxygen atoms in total. The van der Waals surface area contributed by atoms with Gasteiger partial charge in [-0.15, -0.1) is 0 Å². The van der Waals surface area contributed by atoms with E-state index in [0.29, 0.717) is 6.54 Å². The van der Waals surface area contributed by atoms with Crippen LogP contribution in [-0.2, 0) is 4.79 Å². The molecule has 4 aromatic carbocycles. The van der Waals surface area contributed by atoms with Crippen molar-refractivity contribution in [3.05, 3.63) is 132 Å². The molecular formula is C32H33N3O. The van der Waals surface area contributed by atoms with Crippen molar-refractivity contribution in [2.45, 2.75) is 18.5 Å². The van der Waals surface area contributed by atoms with Gasteiger partial charge in [-0.05, 0) is 41.8 Å². The van der Waals surface area contributed by atoms with E-state index in [1.807, 2.05) is 48.3 Å². The number of nitrogens with zero attached hydrogens (tertiary/aromatic N) is 3. The van der Waals surface area contributed by atoms with Gasteiger partial charge in [-0.1, -0.05) is 97.1 Å². The highest BCUT2D eigenvalue weighted by atomic mass is 16.2. The lowest BCUT2D eigenvalue weighted by atomic mass is 9.97. The molecule has 1 saturated heterocycles. The molecule has 0 radical (unpaired) electrons. The summed E-state index contributed by atoms with van der Waals surface area (Å²) in [6.45, 7) is 2.12. The van der Waals surface area contributed by atoms with Crippen molar-refractivity contribution < 1.29 is 4.79 Å². The van der Waals surface area contributed by atoms with Gasteiger partial charge in [0.25, 0.3) is 0 Å². The highest BCUT2D eigenvalue weighted by molar-refractivity contribution is 5.84. The predicted octanol–water partition coefficient (Wildman–Crippen LogP) is 6.15. The van der Waals surface area contributed by atoms with Crippen LogP contribution >= 0.6 is 0 Å². The number of hydrogen-bond donors (Lipinski definition) is 0. The Labute approximate surface area is 214 Å². The van der Waals surface area contributed by atoms with Gasteiger partial charge < -0.3 is 9.80 Å². The zero-order valence-electron chi connectivity index (χ0n) is 20.8. The van der Waals surface area contributed by atoms with E-state index in [-0.39, 0.29) is 18.0 Å². The van der Waals surface area contributed by atoms with E-state index in [0.717, 1.165) is 30.9 Å². The van der Waals surface area contributed by atoms with Gasteiger partial charge in [-0.3, -0.25) is 9.69 Å². The van der Waals surface area contributed by atoms with Crippen molar-refractivity contribution in [1.29, 1.82) is 0 Å². The maximum atomic E-state index is 13.6. The number of para-hydroxylation sites is 2. The highest BCUT2D eigenvalue weighted by Gasteiger charge is 2.34. The number of hydrogen-bond acceptors (Lipinski definition) is 3. The zero-order valence-corrected chi connectivity index (χ0v) is 20.8. The summed E-state index contributed by atoms with van der Waals surface area (Å²) in [5.41, 5.74) is 4.62. The summed E-state index contributed by atoms with van der Waals surface area (Å²) >= 11 is 0. The van der Waals surface area contributed by atoms with Crippen LogP contribution in [0, 0.1) is 0 Å². The Morgan fingerprint density at radius 1 is 0.750 bits per heavy atom. The Hall–Kier alpha value is -3.89. The molecule has 0 aromatic heterocycles. The largest absolute Gasteiger partial charge is 0.340 e. The second kappa shape index (κ2) is 11.2. The summed E-state index contributed by atoms with van der Waals surface area (Å²) in [5.74, 6) is 0.130. The summed E-state index contributed by atoms with van der Waals surface area (Å²) in [7, 11) is 1.96. The molecule has 1 heterocycles. The van der Waals surface area contributed by atoms with Gasteiger partial charge >= 0.3 is 0 Å². The second-order valence-electron chi connectivity index (χ2n) is 9.42. The minimum absolute atomic E-state index is 0.130. The SMILES string of the molecule is CN(C(=O)CN(c1ccccc1)c1ccccc1)[C@@H]1CCN(C(c2ccccc2)c2ccccc2)C1. The van der Waals surface area contributed by atoms with Crippen LogP contribution in [0.3, 0.4) is 0 Å². The smallest absolute Gasteiger partial charge is 0.242 e. The number of carbonyl (C=O) groups is 1. The molecule has 4 aromatic rings. The zero-order chi connectivity index (χ0) is 24.7. The Balaban J connectivity index is 1.32. The van der Waals surface area contributed by atoms with Gasteiger partial charge in [-0.2, -0.15) is 0 Å². The molecule has 1 aliphatic rings. The van der Waals surface area contributed by atoms with Crippen molar-refractivity contribution in [1.82, 2.24) is 9.80 Å².